The molecule has 1 aromatic heterocycles. The highest BCUT2D eigenvalue weighted by molar-refractivity contribution is 6.36. The first-order valence-corrected chi connectivity index (χ1v) is 14.8. The number of hydrogen-bond donors (Lipinski definition) is 0. The minimum Gasteiger partial charge on any atom is -0.309 e. The lowest BCUT2D eigenvalue weighted by molar-refractivity contribution is 0.244. The molecule has 2 aliphatic carbocycles. The van der Waals surface area contributed by atoms with Gasteiger partial charge >= 0.3 is 0 Å². The third-order valence-electron chi connectivity index (χ3n) is 10.7. The van der Waals surface area contributed by atoms with Gasteiger partial charge in [0, 0.05) is 38.6 Å². The monoisotopic (exact) mass is 525 g/mol. The summed E-state index contributed by atoms with van der Waals surface area (Å²) < 4.78 is 2.54. The molecule has 0 radical (unpaired) electrons. The Bertz CT molecular complexity index is 2310. The molecule has 9 rings (SSSR count). The van der Waals surface area contributed by atoms with E-state index in [1.54, 1.807) is 0 Å². The van der Waals surface area contributed by atoms with E-state index in [9.17, 15) is 0 Å². The first-order chi connectivity index (χ1) is 20.0. The summed E-state index contributed by atoms with van der Waals surface area (Å²) in [5, 5.41) is 10.5. The Hall–Kier alpha value is -4.62. The number of benzene rings is 6. The van der Waals surface area contributed by atoms with Gasteiger partial charge in [0.25, 0.3) is 0 Å². The number of aromatic nitrogens is 1. The van der Waals surface area contributed by atoms with Crippen molar-refractivity contribution in [2.75, 3.05) is 0 Å². The molecule has 2 aliphatic rings. The van der Waals surface area contributed by atoms with Crippen molar-refractivity contribution in [3.8, 4) is 5.69 Å². The fourth-order valence-electron chi connectivity index (χ4n) is 8.25. The third kappa shape index (κ3) is 2.77. The molecular weight excluding hydrogens is 494 g/mol. The second-order valence-electron chi connectivity index (χ2n) is 12.7. The first kappa shape index (κ1) is 23.1. The van der Waals surface area contributed by atoms with Crippen LogP contribution in [0.15, 0.2) is 127 Å². The molecule has 1 heterocycles. The van der Waals surface area contributed by atoms with E-state index in [4.69, 9.17) is 0 Å². The smallest absolute Gasteiger partial charge is 0.0626 e. The van der Waals surface area contributed by atoms with Crippen molar-refractivity contribution >= 4 is 54.1 Å². The molecule has 7 aromatic rings. The summed E-state index contributed by atoms with van der Waals surface area (Å²) in [4.78, 5) is 0. The molecular formula is C40H31N. The Morgan fingerprint density at radius 1 is 0.610 bits per heavy atom. The van der Waals surface area contributed by atoms with Gasteiger partial charge in [-0.25, -0.2) is 0 Å². The summed E-state index contributed by atoms with van der Waals surface area (Å²) in [7, 11) is 0. The summed E-state index contributed by atoms with van der Waals surface area (Å²) in [5.41, 5.74) is 6.78. The maximum atomic E-state index is 2.54. The second-order valence-corrected chi connectivity index (χ2v) is 12.7. The van der Waals surface area contributed by atoms with Crippen LogP contribution in [0.3, 0.4) is 0 Å². The van der Waals surface area contributed by atoms with E-state index in [1.165, 1.54) is 70.9 Å². The number of allylic oxidation sites excluding steroid dienone is 4. The minimum absolute atomic E-state index is 0.00793. The summed E-state index contributed by atoms with van der Waals surface area (Å²) in [5.74, 6) is 0.404. The SMILES string of the molecule is CC1(C)c2cc(-n3c4ccccc4c4c5c6ccccc6ccc5c5ccccc5c43)ccc2C2C=CC=CC21C. The Morgan fingerprint density at radius 3 is 2.20 bits per heavy atom. The zero-order valence-corrected chi connectivity index (χ0v) is 23.6. The highest BCUT2D eigenvalue weighted by Crippen LogP contribution is 2.61. The molecule has 0 N–H and O–H groups in total. The number of rotatable bonds is 1. The Labute approximate surface area is 240 Å². The van der Waals surface area contributed by atoms with Gasteiger partial charge in [-0.1, -0.05) is 130 Å². The minimum atomic E-state index is 0.00793. The lowest BCUT2D eigenvalue weighted by atomic mass is 9.62. The van der Waals surface area contributed by atoms with Crippen molar-refractivity contribution < 1.29 is 0 Å². The quantitative estimate of drug-likeness (QED) is 0.188. The molecule has 1 heteroatoms. The van der Waals surface area contributed by atoms with Crippen LogP contribution < -0.4 is 0 Å². The Kier molecular flexibility index (Phi) is 4.38. The van der Waals surface area contributed by atoms with Crippen LogP contribution in [0.2, 0.25) is 0 Å². The van der Waals surface area contributed by atoms with Crippen LogP contribution in [0.25, 0.3) is 59.8 Å². The van der Waals surface area contributed by atoms with Crippen LogP contribution in [-0.2, 0) is 5.41 Å². The third-order valence-corrected chi connectivity index (χ3v) is 10.7. The Balaban J connectivity index is 1.48. The van der Waals surface area contributed by atoms with Gasteiger partial charge in [0.15, 0.2) is 0 Å². The number of para-hydroxylation sites is 1. The molecule has 0 spiro atoms. The molecule has 0 saturated heterocycles. The van der Waals surface area contributed by atoms with Crippen molar-refractivity contribution in [1.29, 1.82) is 0 Å². The predicted molar refractivity (Wildman–Crippen MR) is 175 cm³/mol. The summed E-state index contributed by atoms with van der Waals surface area (Å²) in [6, 6.07) is 38.7. The van der Waals surface area contributed by atoms with Crippen LogP contribution in [0.4, 0.5) is 0 Å². The normalized spacial score (nSPS) is 20.9. The summed E-state index contributed by atoms with van der Waals surface area (Å²) in [6.45, 7) is 7.29. The zero-order chi connectivity index (χ0) is 27.5. The molecule has 0 fully saturated rings. The molecule has 196 valence electrons. The van der Waals surface area contributed by atoms with E-state index in [0.717, 1.165) is 0 Å². The van der Waals surface area contributed by atoms with Gasteiger partial charge in [0.05, 0.1) is 11.0 Å². The Morgan fingerprint density at radius 2 is 1.34 bits per heavy atom. The largest absolute Gasteiger partial charge is 0.309 e. The molecule has 1 nitrogen and oxygen atoms in total. The fraction of sp³-hybridized carbons (Fsp3) is 0.150. The number of nitrogens with zero attached hydrogens (tertiary/aromatic N) is 1. The molecule has 0 saturated carbocycles. The molecule has 0 aliphatic heterocycles. The average molecular weight is 526 g/mol. The maximum Gasteiger partial charge on any atom is 0.0626 e. The van der Waals surface area contributed by atoms with Gasteiger partial charge in [-0.2, -0.15) is 0 Å². The van der Waals surface area contributed by atoms with Crippen molar-refractivity contribution in [1.82, 2.24) is 4.57 Å². The van der Waals surface area contributed by atoms with Crippen LogP contribution in [-0.4, -0.2) is 4.57 Å². The summed E-state index contributed by atoms with van der Waals surface area (Å²) in [6.07, 6.45) is 9.29. The zero-order valence-electron chi connectivity index (χ0n) is 23.6. The number of fused-ring (bicyclic) bond motifs is 13. The molecule has 2 unspecified atom stereocenters. The van der Waals surface area contributed by atoms with E-state index >= 15 is 0 Å². The van der Waals surface area contributed by atoms with E-state index in [0.29, 0.717) is 5.92 Å². The van der Waals surface area contributed by atoms with Gasteiger partial charge in [-0.15, -0.1) is 0 Å². The number of hydrogen-bond acceptors (Lipinski definition) is 0. The van der Waals surface area contributed by atoms with Crippen LogP contribution >= 0.6 is 0 Å². The molecule has 2 atom stereocenters. The van der Waals surface area contributed by atoms with E-state index < -0.39 is 0 Å². The lowest BCUT2D eigenvalue weighted by Crippen LogP contribution is -2.36. The molecule has 41 heavy (non-hydrogen) atoms. The van der Waals surface area contributed by atoms with Crippen molar-refractivity contribution in [3.63, 3.8) is 0 Å². The molecule has 6 aromatic carbocycles. The van der Waals surface area contributed by atoms with Crippen LogP contribution in [0.5, 0.6) is 0 Å². The van der Waals surface area contributed by atoms with Crippen molar-refractivity contribution in [3.05, 3.63) is 139 Å². The average Bonchev–Trinajstić information content (AvgIpc) is 3.44. The second kappa shape index (κ2) is 7.77. The van der Waals surface area contributed by atoms with Crippen molar-refractivity contribution in [2.24, 2.45) is 5.41 Å². The maximum absolute atomic E-state index is 2.54. The van der Waals surface area contributed by atoms with E-state index in [2.05, 4.69) is 153 Å². The fourth-order valence-corrected chi connectivity index (χ4v) is 8.25. The van der Waals surface area contributed by atoms with E-state index in [1.807, 2.05) is 0 Å². The lowest BCUT2D eigenvalue weighted by Gasteiger charge is -2.41. The standard InChI is InChI=1S/C40H31N/c1-39(2)34-24-26(20-22-31(34)33-17-10-11-23-40(33,39)3)41-35-18-9-8-16-32(35)37-36-27-13-5-4-12-25(27)19-21-29(36)28-14-6-7-15-30(28)38(37)41/h4-24,33H,1-3H3. The van der Waals surface area contributed by atoms with Gasteiger partial charge in [-0.3, -0.25) is 0 Å². The molecule has 0 bridgehead atoms. The van der Waals surface area contributed by atoms with Gasteiger partial charge in [0.1, 0.15) is 0 Å². The van der Waals surface area contributed by atoms with Crippen LogP contribution in [0, 0.1) is 5.41 Å². The summed E-state index contributed by atoms with van der Waals surface area (Å²) >= 11 is 0. The topological polar surface area (TPSA) is 4.93 Å². The first-order valence-electron chi connectivity index (χ1n) is 14.8. The van der Waals surface area contributed by atoms with E-state index in [-0.39, 0.29) is 10.8 Å². The van der Waals surface area contributed by atoms with Crippen molar-refractivity contribution in [2.45, 2.75) is 32.1 Å². The predicted octanol–water partition coefficient (Wildman–Crippen LogP) is 10.8. The highest BCUT2D eigenvalue weighted by Gasteiger charge is 2.53. The molecule has 0 amide bonds. The van der Waals surface area contributed by atoms with Crippen LogP contribution in [0.1, 0.15) is 37.8 Å². The van der Waals surface area contributed by atoms with Gasteiger partial charge in [-0.05, 0) is 56.3 Å². The highest BCUT2D eigenvalue weighted by atomic mass is 15.0. The van der Waals surface area contributed by atoms with Gasteiger partial charge < -0.3 is 4.57 Å². The van der Waals surface area contributed by atoms with Gasteiger partial charge in [0.2, 0.25) is 0 Å².